The third-order valence-corrected chi connectivity index (χ3v) is 2.48. The SMILES string of the molecule is COc1c(Br)cccc1CCCO. The Morgan fingerprint density at radius 2 is 2.23 bits per heavy atom. The van der Waals surface area contributed by atoms with Gasteiger partial charge in [-0.25, -0.2) is 0 Å². The highest BCUT2D eigenvalue weighted by Crippen LogP contribution is 2.29. The first-order chi connectivity index (χ1) is 6.29. The summed E-state index contributed by atoms with van der Waals surface area (Å²) in [7, 11) is 1.66. The molecule has 0 aliphatic carbocycles. The number of aliphatic hydroxyl groups is 1. The first-order valence-electron chi connectivity index (χ1n) is 4.22. The Hall–Kier alpha value is -0.540. The van der Waals surface area contributed by atoms with Crippen LogP contribution in [-0.2, 0) is 6.42 Å². The van der Waals surface area contributed by atoms with Crippen molar-refractivity contribution in [2.24, 2.45) is 0 Å². The van der Waals surface area contributed by atoms with Crippen LogP contribution in [0.1, 0.15) is 12.0 Å². The van der Waals surface area contributed by atoms with Crippen LogP contribution in [0.25, 0.3) is 0 Å². The minimum absolute atomic E-state index is 0.218. The van der Waals surface area contributed by atoms with Gasteiger partial charge < -0.3 is 9.84 Å². The van der Waals surface area contributed by atoms with Gasteiger partial charge in [-0.2, -0.15) is 0 Å². The summed E-state index contributed by atoms with van der Waals surface area (Å²) in [6.45, 7) is 0.218. The lowest BCUT2D eigenvalue weighted by Crippen LogP contribution is -1.95. The smallest absolute Gasteiger partial charge is 0.136 e. The maximum atomic E-state index is 8.71. The van der Waals surface area contributed by atoms with Gasteiger partial charge in [0.15, 0.2) is 0 Å². The molecular weight excluding hydrogens is 232 g/mol. The molecule has 1 aromatic carbocycles. The quantitative estimate of drug-likeness (QED) is 0.882. The first-order valence-corrected chi connectivity index (χ1v) is 5.01. The minimum atomic E-state index is 0.218. The van der Waals surface area contributed by atoms with Crippen LogP contribution in [0.5, 0.6) is 5.75 Å². The Kier molecular flexibility index (Phi) is 4.25. The van der Waals surface area contributed by atoms with Gasteiger partial charge in [-0.15, -0.1) is 0 Å². The van der Waals surface area contributed by atoms with Crippen molar-refractivity contribution in [3.8, 4) is 5.75 Å². The Balaban J connectivity index is 2.85. The lowest BCUT2D eigenvalue weighted by atomic mass is 10.1. The van der Waals surface area contributed by atoms with E-state index in [2.05, 4.69) is 15.9 Å². The van der Waals surface area contributed by atoms with E-state index in [1.165, 1.54) is 0 Å². The highest BCUT2D eigenvalue weighted by molar-refractivity contribution is 9.10. The van der Waals surface area contributed by atoms with E-state index in [1.54, 1.807) is 7.11 Å². The van der Waals surface area contributed by atoms with Gasteiger partial charge in [0.05, 0.1) is 11.6 Å². The van der Waals surface area contributed by atoms with E-state index >= 15 is 0 Å². The third kappa shape index (κ3) is 2.71. The molecule has 1 N–H and O–H groups in total. The number of methoxy groups -OCH3 is 1. The fraction of sp³-hybridized carbons (Fsp3) is 0.400. The largest absolute Gasteiger partial charge is 0.495 e. The van der Waals surface area contributed by atoms with Crippen LogP contribution in [0, 0.1) is 0 Å². The van der Waals surface area contributed by atoms with E-state index in [1.807, 2.05) is 18.2 Å². The molecule has 13 heavy (non-hydrogen) atoms. The summed E-state index contributed by atoms with van der Waals surface area (Å²) in [5, 5.41) is 8.71. The molecule has 72 valence electrons. The van der Waals surface area contributed by atoms with Crippen LogP contribution in [-0.4, -0.2) is 18.8 Å². The van der Waals surface area contributed by atoms with Gasteiger partial charge in [0, 0.05) is 6.61 Å². The van der Waals surface area contributed by atoms with Crippen LogP contribution < -0.4 is 4.74 Å². The van der Waals surface area contributed by atoms with E-state index in [0.29, 0.717) is 0 Å². The standard InChI is InChI=1S/C10H13BrO2/c1-13-10-8(5-3-7-12)4-2-6-9(10)11/h2,4,6,12H,3,5,7H2,1H3. The molecule has 0 aliphatic heterocycles. The third-order valence-electron chi connectivity index (χ3n) is 1.86. The zero-order chi connectivity index (χ0) is 9.68. The van der Waals surface area contributed by atoms with Gasteiger partial charge in [-0.1, -0.05) is 12.1 Å². The van der Waals surface area contributed by atoms with E-state index < -0.39 is 0 Å². The number of para-hydroxylation sites is 1. The molecule has 0 fully saturated rings. The Labute approximate surface area is 86.7 Å². The van der Waals surface area contributed by atoms with Crippen molar-refractivity contribution >= 4 is 15.9 Å². The second kappa shape index (κ2) is 5.25. The molecule has 1 rings (SSSR count). The van der Waals surface area contributed by atoms with E-state index in [0.717, 1.165) is 28.6 Å². The molecule has 0 aliphatic rings. The molecule has 0 heterocycles. The van der Waals surface area contributed by atoms with Gasteiger partial charge in [0.1, 0.15) is 5.75 Å². The predicted octanol–water partition coefficient (Wildman–Crippen LogP) is 2.38. The maximum Gasteiger partial charge on any atom is 0.136 e. The van der Waals surface area contributed by atoms with Crippen molar-refractivity contribution in [3.05, 3.63) is 28.2 Å². The molecule has 0 amide bonds. The lowest BCUT2D eigenvalue weighted by molar-refractivity contribution is 0.287. The zero-order valence-electron chi connectivity index (χ0n) is 7.59. The minimum Gasteiger partial charge on any atom is -0.495 e. The fourth-order valence-corrected chi connectivity index (χ4v) is 1.82. The maximum absolute atomic E-state index is 8.71. The lowest BCUT2D eigenvalue weighted by Gasteiger charge is -2.09. The summed E-state index contributed by atoms with van der Waals surface area (Å²) >= 11 is 3.41. The summed E-state index contributed by atoms with van der Waals surface area (Å²) in [6, 6.07) is 5.93. The summed E-state index contributed by atoms with van der Waals surface area (Å²) in [6.07, 6.45) is 1.62. The van der Waals surface area contributed by atoms with Gasteiger partial charge in [-0.3, -0.25) is 0 Å². The van der Waals surface area contributed by atoms with Crippen molar-refractivity contribution in [2.45, 2.75) is 12.8 Å². The zero-order valence-corrected chi connectivity index (χ0v) is 9.17. The Morgan fingerprint density at radius 1 is 1.46 bits per heavy atom. The molecule has 3 heteroatoms. The molecule has 0 spiro atoms. The summed E-state index contributed by atoms with van der Waals surface area (Å²) in [5.74, 6) is 0.871. The number of halogens is 1. The number of rotatable bonds is 4. The number of ether oxygens (including phenoxy) is 1. The average molecular weight is 245 g/mol. The van der Waals surface area contributed by atoms with E-state index in [9.17, 15) is 0 Å². The van der Waals surface area contributed by atoms with Crippen LogP contribution >= 0.6 is 15.9 Å². The number of hydrogen-bond acceptors (Lipinski definition) is 2. The summed E-state index contributed by atoms with van der Waals surface area (Å²) in [4.78, 5) is 0. The highest BCUT2D eigenvalue weighted by atomic mass is 79.9. The number of benzene rings is 1. The van der Waals surface area contributed by atoms with Gasteiger partial charge in [0.25, 0.3) is 0 Å². The van der Waals surface area contributed by atoms with Gasteiger partial charge in [-0.05, 0) is 40.4 Å². The highest BCUT2D eigenvalue weighted by Gasteiger charge is 2.05. The number of aryl methyl sites for hydroxylation is 1. The van der Waals surface area contributed by atoms with Gasteiger partial charge >= 0.3 is 0 Å². The second-order valence-corrected chi connectivity index (χ2v) is 3.61. The van der Waals surface area contributed by atoms with Crippen LogP contribution in [0.3, 0.4) is 0 Å². The van der Waals surface area contributed by atoms with E-state index in [4.69, 9.17) is 9.84 Å². The average Bonchev–Trinajstić information content (AvgIpc) is 2.15. The molecule has 0 radical (unpaired) electrons. The molecule has 0 aromatic heterocycles. The van der Waals surface area contributed by atoms with Crippen molar-refractivity contribution < 1.29 is 9.84 Å². The molecule has 0 saturated carbocycles. The van der Waals surface area contributed by atoms with Crippen LogP contribution in [0.2, 0.25) is 0 Å². The van der Waals surface area contributed by atoms with Crippen molar-refractivity contribution in [2.75, 3.05) is 13.7 Å². The Bertz CT molecular complexity index is 274. The fourth-order valence-electron chi connectivity index (χ4n) is 1.25. The molecule has 0 atom stereocenters. The normalized spacial score (nSPS) is 10.1. The molecule has 2 nitrogen and oxygen atoms in total. The van der Waals surface area contributed by atoms with Crippen molar-refractivity contribution in [1.29, 1.82) is 0 Å². The molecular formula is C10H13BrO2. The predicted molar refractivity (Wildman–Crippen MR) is 56.1 cm³/mol. The van der Waals surface area contributed by atoms with Crippen LogP contribution in [0.4, 0.5) is 0 Å². The number of aliphatic hydroxyl groups excluding tert-OH is 1. The Morgan fingerprint density at radius 3 is 2.85 bits per heavy atom. The summed E-state index contributed by atoms with van der Waals surface area (Å²) < 4.78 is 6.21. The number of hydrogen-bond donors (Lipinski definition) is 1. The first kappa shape index (κ1) is 10.5. The summed E-state index contributed by atoms with van der Waals surface area (Å²) in [5.41, 5.74) is 1.13. The molecule has 0 bridgehead atoms. The van der Waals surface area contributed by atoms with Crippen LogP contribution in [0.15, 0.2) is 22.7 Å². The second-order valence-electron chi connectivity index (χ2n) is 2.76. The van der Waals surface area contributed by atoms with Gasteiger partial charge in [0.2, 0.25) is 0 Å². The monoisotopic (exact) mass is 244 g/mol. The topological polar surface area (TPSA) is 29.5 Å². The molecule has 0 saturated heterocycles. The van der Waals surface area contributed by atoms with E-state index in [-0.39, 0.29) is 6.61 Å². The van der Waals surface area contributed by atoms with Crippen molar-refractivity contribution in [3.63, 3.8) is 0 Å². The molecule has 1 aromatic rings. The molecule has 0 unspecified atom stereocenters. The van der Waals surface area contributed by atoms with Crippen molar-refractivity contribution in [1.82, 2.24) is 0 Å².